The Hall–Kier alpha value is -2.92. The van der Waals surface area contributed by atoms with Gasteiger partial charge in [0.05, 0.1) is 17.7 Å². The summed E-state index contributed by atoms with van der Waals surface area (Å²) in [6.07, 6.45) is 7.22. The van der Waals surface area contributed by atoms with Gasteiger partial charge in [-0.15, -0.1) is 0 Å². The molecular formula is C25H27NO4. The predicted octanol–water partition coefficient (Wildman–Crippen LogP) is 3.57. The molecule has 2 N–H and O–H groups in total. The van der Waals surface area contributed by atoms with Gasteiger partial charge in [-0.25, -0.2) is 4.79 Å². The SMILES string of the molecule is O=C(O)c1ccc(CCN2C(=O)CC[C@@H]2C=C[C@H](O)C2(c3ccccc3)CC2)cc1. The van der Waals surface area contributed by atoms with Crippen molar-refractivity contribution in [3.8, 4) is 0 Å². The number of aliphatic hydroxyl groups excluding tert-OH is 1. The van der Waals surface area contributed by atoms with Gasteiger partial charge in [0.15, 0.2) is 0 Å². The van der Waals surface area contributed by atoms with Crippen LogP contribution in [0.25, 0.3) is 0 Å². The van der Waals surface area contributed by atoms with Crippen LogP contribution >= 0.6 is 0 Å². The van der Waals surface area contributed by atoms with Crippen LogP contribution in [0, 0.1) is 0 Å². The molecule has 0 radical (unpaired) electrons. The lowest BCUT2D eigenvalue weighted by Crippen LogP contribution is -2.34. The molecule has 1 saturated carbocycles. The average molecular weight is 405 g/mol. The fraction of sp³-hybridized carbons (Fsp3) is 0.360. The van der Waals surface area contributed by atoms with Crippen molar-refractivity contribution in [1.82, 2.24) is 4.90 Å². The Balaban J connectivity index is 1.38. The maximum atomic E-state index is 12.4. The average Bonchev–Trinajstić information content (AvgIpc) is 3.51. The molecule has 0 spiro atoms. The van der Waals surface area contributed by atoms with E-state index in [1.165, 1.54) is 5.56 Å². The Morgan fingerprint density at radius 2 is 1.83 bits per heavy atom. The van der Waals surface area contributed by atoms with Crippen LogP contribution in [0.3, 0.4) is 0 Å². The zero-order valence-corrected chi connectivity index (χ0v) is 16.9. The minimum Gasteiger partial charge on any atom is -0.478 e. The molecule has 1 saturated heterocycles. The third-order valence-electron chi connectivity index (χ3n) is 6.44. The Morgan fingerprint density at radius 1 is 1.13 bits per heavy atom. The number of benzene rings is 2. The van der Waals surface area contributed by atoms with Crippen molar-refractivity contribution in [2.75, 3.05) is 6.54 Å². The van der Waals surface area contributed by atoms with E-state index < -0.39 is 12.1 Å². The van der Waals surface area contributed by atoms with Crippen LogP contribution in [0.1, 0.15) is 47.2 Å². The highest BCUT2D eigenvalue weighted by molar-refractivity contribution is 5.87. The molecule has 2 aliphatic rings. The Kier molecular flexibility index (Phi) is 5.73. The molecule has 2 atom stereocenters. The number of aromatic carboxylic acids is 1. The van der Waals surface area contributed by atoms with Crippen LogP contribution in [0.4, 0.5) is 0 Å². The van der Waals surface area contributed by atoms with Gasteiger partial charge < -0.3 is 15.1 Å². The molecule has 4 rings (SSSR count). The largest absolute Gasteiger partial charge is 0.478 e. The Labute approximate surface area is 176 Å². The first-order valence-electron chi connectivity index (χ1n) is 10.5. The van der Waals surface area contributed by atoms with Crippen molar-refractivity contribution in [3.05, 3.63) is 83.4 Å². The smallest absolute Gasteiger partial charge is 0.335 e. The third-order valence-corrected chi connectivity index (χ3v) is 6.44. The predicted molar refractivity (Wildman–Crippen MR) is 114 cm³/mol. The summed E-state index contributed by atoms with van der Waals surface area (Å²) in [6, 6.07) is 16.9. The number of carbonyl (C=O) groups is 2. The quantitative estimate of drug-likeness (QED) is 0.658. The fourth-order valence-electron chi connectivity index (χ4n) is 4.39. The summed E-state index contributed by atoms with van der Waals surface area (Å²) < 4.78 is 0. The zero-order valence-electron chi connectivity index (χ0n) is 16.9. The first kappa shape index (κ1) is 20.4. The van der Waals surface area contributed by atoms with E-state index in [0.29, 0.717) is 19.4 Å². The molecular weight excluding hydrogens is 378 g/mol. The van der Waals surface area contributed by atoms with Crippen molar-refractivity contribution in [1.29, 1.82) is 0 Å². The summed E-state index contributed by atoms with van der Waals surface area (Å²) in [5, 5.41) is 19.9. The van der Waals surface area contributed by atoms with Gasteiger partial charge in [0.25, 0.3) is 0 Å². The van der Waals surface area contributed by atoms with E-state index >= 15 is 0 Å². The second-order valence-electron chi connectivity index (χ2n) is 8.30. The van der Waals surface area contributed by atoms with Crippen molar-refractivity contribution >= 4 is 11.9 Å². The van der Waals surface area contributed by atoms with Crippen LogP contribution < -0.4 is 0 Å². The summed E-state index contributed by atoms with van der Waals surface area (Å²) in [5.41, 5.74) is 2.25. The van der Waals surface area contributed by atoms with E-state index in [1.807, 2.05) is 35.3 Å². The van der Waals surface area contributed by atoms with Crippen LogP contribution in [0.15, 0.2) is 66.7 Å². The maximum Gasteiger partial charge on any atom is 0.335 e. The molecule has 1 aliphatic heterocycles. The molecule has 5 heteroatoms. The minimum absolute atomic E-state index is 0.00276. The molecule has 2 fully saturated rings. The molecule has 2 aromatic rings. The third kappa shape index (κ3) is 4.17. The molecule has 0 aromatic heterocycles. The number of carboxylic acid groups (broad SMARTS) is 1. The van der Waals surface area contributed by atoms with Crippen LogP contribution in [0.2, 0.25) is 0 Å². The topological polar surface area (TPSA) is 77.8 Å². The van der Waals surface area contributed by atoms with Gasteiger partial charge in [0.2, 0.25) is 5.91 Å². The van der Waals surface area contributed by atoms with Gasteiger partial charge in [-0.2, -0.15) is 0 Å². The van der Waals surface area contributed by atoms with Crippen LogP contribution in [-0.2, 0) is 16.6 Å². The van der Waals surface area contributed by atoms with E-state index in [0.717, 1.165) is 24.8 Å². The summed E-state index contributed by atoms with van der Waals surface area (Å²) in [7, 11) is 0. The molecule has 5 nitrogen and oxygen atoms in total. The fourth-order valence-corrected chi connectivity index (χ4v) is 4.39. The molecule has 0 unspecified atom stereocenters. The Bertz CT molecular complexity index is 931. The molecule has 0 bridgehead atoms. The highest BCUT2D eigenvalue weighted by atomic mass is 16.4. The molecule has 30 heavy (non-hydrogen) atoms. The summed E-state index contributed by atoms with van der Waals surface area (Å²) in [4.78, 5) is 25.2. The van der Waals surface area contributed by atoms with Crippen LogP contribution in [-0.4, -0.2) is 45.7 Å². The van der Waals surface area contributed by atoms with E-state index in [9.17, 15) is 14.7 Å². The van der Waals surface area contributed by atoms with Gasteiger partial charge in [-0.1, -0.05) is 54.6 Å². The molecule has 1 amide bonds. The summed E-state index contributed by atoms with van der Waals surface area (Å²) in [6.45, 7) is 0.584. The number of carbonyl (C=O) groups excluding carboxylic acids is 1. The zero-order chi connectivity index (χ0) is 21.1. The number of amides is 1. The number of rotatable bonds is 8. The van der Waals surface area contributed by atoms with E-state index in [-0.39, 0.29) is 22.9 Å². The Morgan fingerprint density at radius 3 is 2.47 bits per heavy atom. The van der Waals surface area contributed by atoms with Gasteiger partial charge in [0.1, 0.15) is 0 Å². The van der Waals surface area contributed by atoms with Crippen molar-refractivity contribution in [2.24, 2.45) is 0 Å². The number of nitrogens with zero attached hydrogens (tertiary/aromatic N) is 1. The summed E-state index contributed by atoms with van der Waals surface area (Å²) in [5.74, 6) is -0.811. The number of carboxylic acids is 1. The maximum absolute atomic E-state index is 12.4. The first-order valence-corrected chi connectivity index (χ1v) is 10.5. The lowest BCUT2D eigenvalue weighted by molar-refractivity contribution is -0.128. The van der Waals surface area contributed by atoms with Gasteiger partial charge in [0, 0.05) is 18.4 Å². The standard InChI is InChI=1S/C25H27NO4/c27-22(25(15-16-25)20-4-2-1-3-5-20)12-10-21-11-13-23(28)26(21)17-14-18-6-8-19(9-7-18)24(29)30/h1-10,12,21-22,27H,11,13-17H2,(H,29,30)/t21-,22-/m0/s1. The first-order chi connectivity index (χ1) is 14.5. The summed E-state index contributed by atoms with van der Waals surface area (Å²) >= 11 is 0. The number of hydrogen-bond acceptors (Lipinski definition) is 3. The normalized spacial score (nSPS) is 21.2. The highest BCUT2D eigenvalue weighted by Gasteiger charge is 2.49. The van der Waals surface area contributed by atoms with Crippen molar-refractivity contribution in [2.45, 2.75) is 49.7 Å². The molecule has 2 aromatic carbocycles. The lowest BCUT2D eigenvalue weighted by Gasteiger charge is -2.24. The lowest BCUT2D eigenvalue weighted by atomic mass is 9.89. The van der Waals surface area contributed by atoms with Crippen molar-refractivity contribution in [3.63, 3.8) is 0 Å². The second kappa shape index (κ2) is 8.44. The number of aliphatic hydroxyl groups is 1. The van der Waals surface area contributed by atoms with E-state index in [2.05, 4.69) is 12.1 Å². The van der Waals surface area contributed by atoms with Crippen molar-refractivity contribution < 1.29 is 19.8 Å². The van der Waals surface area contributed by atoms with Gasteiger partial charge >= 0.3 is 5.97 Å². The monoisotopic (exact) mass is 405 g/mol. The number of hydrogen-bond donors (Lipinski definition) is 2. The van der Waals surface area contributed by atoms with E-state index in [4.69, 9.17) is 5.11 Å². The molecule has 1 aliphatic carbocycles. The minimum atomic E-state index is -0.941. The second-order valence-corrected chi connectivity index (χ2v) is 8.30. The van der Waals surface area contributed by atoms with Gasteiger partial charge in [-0.05, 0) is 48.9 Å². The van der Waals surface area contributed by atoms with Crippen LogP contribution in [0.5, 0.6) is 0 Å². The number of likely N-dealkylation sites (tertiary alicyclic amines) is 1. The molecule has 156 valence electrons. The van der Waals surface area contributed by atoms with Gasteiger partial charge in [-0.3, -0.25) is 4.79 Å². The van der Waals surface area contributed by atoms with E-state index in [1.54, 1.807) is 24.3 Å². The molecule has 1 heterocycles. The highest BCUT2D eigenvalue weighted by Crippen LogP contribution is 2.51.